The van der Waals surface area contributed by atoms with Crippen molar-refractivity contribution in [1.82, 2.24) is 10.2 Å². The molecule has 0 aromatic heterocycles. The minimum atomic E-state index is -0.980. The fraction of sp³-hybridized carbons (Fsp3) is 0.800. The minimum Gasteiger partial charge on any atom is -0.480 e. The number of morpholine rings is 1. The Hall–Kier alpha value is -1.14. The lowest BCUT2D eigenvalue weighted by Crippen LogP contribution is -2.59. The van der Waals surface area contributed by atoms with E-state index in [2.05, 4.69) is 5.32 Å². The average Bonchev–Trinajstić information content (AvgIpc) is 2.29. The van der Waals surface area contributed by atoms with Crippen LogP contribution in [0.25, 0.3) is 0 Å². The van der Waals surface area contributed by atoms with E-state index >= 15 is 0 Å². The van der Waals surface area contributed by atoms with E-state index in [4.69, 9.17) is 9.84 Å². The molecule has 2 fully saturated rings. The number of carboxylic acids is 1. The van der Waals surface area contributed by atoms with Crippen molar-refractivity contribution in [1.29, 1.82) is 0 Å². The Labute approximate surface area is 93.6 Å². The predicted molar refractivity (Wildman–Crippen MR) is 55.0 cm³/mol. The van der Waals surface area contributed by atoms with Crippen molar-refractivity contribution in [2.24, 2.45) is 0 Å². The molecule has 1 atom stereocenters. The summed E-state index contributed by atoms with van der Waals surface area (Å²) < 4.78 is 4.99. The van der Waals surface area contributed by atoms with E-state index in [1.54, 1.807) is 0 Å². The van der Waals surface area contributed by atoms with Crippen molar-refractivity contribution in [2.45, 2.75) is 24.9 Å². The second kappa shape index (κ2) is 4.80. The van der Waals surface area contributed by atoms with Crippen molar-refractivity contribution >= 4 is 11.9 Å². The topological polar surface area (TPSA) is 78.9 Å². The van der Waals surface area contributed by atoms with Gasteiger partial charge in [-0.3, -0.25) is 4.79 Å². The second-order valence-electron chi connectivity index (χ2n) is 4.15. The maximum absolute atomic E-state index is 11.7. The molecule has 90 valence electrons. The molecule has 2 heterocycles. The van der Waals surface area contributed by atoms with Gasteiger partial charge in [-0.1, -0.05) is 0 Å². The van der Waals surface area contributed by atoms with Crippen LogP contribution in [-0.4, -0.2) is 60.3 Å². The smallest absolute Gasteiger partial charge is 0.328 e. The average molecular weight is 228 g/mol. The van der Waals surface area contributed by atoms with Gasteiger partial charge in [0, 0.05) is 6.04 Å². The number of hydrogen-bond acceptors (Lipinski definition) is 4. The summed E-state index contributed by atoms with van der Waals surface area (Å²) in [6.07, 6.45) is 1.63. The number of ether oxygens (including phenoxy) is 1. The van der Waals surface area contributed by atoms with Crippen molar-refractivity contribution in [3.8, 4) is 0 Å². The highest BCUT2D eigenvalue weighted by molar-refractivity contribution is 5.85. The summed E-state index contributed by atoms with van der Waals surface area (Å²) in [6.45, 7) is 1.78. The highest BCUT2D eigenvalue weighted by Gasteiger charge is 2.38. The molecule has 0 bridgehead atoms. The molecule has 1 unspecified atom stereocenters. The Kier molecular flexibility index (Phi) is 3.40. The zero-order valence-electron chi connectivity index (χ0n) is 9.02. The zero-order valence-corrected chi connectivity index (χ0v) is 9.02. The largest absolute Gasteiger partial charge is 0.480 e. The summed E-state index contributed by atoms with van der Waals surface area (Å²) >= 11 is 0. The Morgan fingerprint density at radius 3 is 2.75 bits per heavy atom. The van der Waals surface area contributed by atoms with Gasteiger partial charge >= 0.3 is 5.97 Å². The molecule has 0 aromatic carbocycles. The molecule has 2 rings (SSSR count). The van der Waals surface area contributed by atoms with Crippen molar-refractivity contribution < 1.29 is 19.4 Å². The standard InChI is InChI=1S/C10H16N2O4/c13-9-6-16-5-8(10(14)15)12(9)7-1-3-11-4-2-7/h7-8,11H,1-6H2,(H,14,15). The van der Waals surface area contributed by atoms with Crippen LogP contribution in [0.2, 0.25) is 0 Å². The summed E-state index contributed by atoms with van der Waals surface area (Å²) in [7, 11) is 0. The fourth-order valence-electron chi connectivity index (χ4n) is 2.32. The van der Waals surface area contributed by atoms with E-state index in [1.165, 1.54) is 4.90 Å². The summed E-state index contributed by atoms with van der Waals surface area (Å²) in [5.41, 5.74) is 0. The number of carbonyl (C=O) groups excluding carboxylic acids is 1. The Balaban J connectivity index is 2.11. The molecule has 6 nitrogen and oxygen atoms in total. The maximum Gasteiger partial charge on any atom is 0.328 e. The van der Waals surface area contributed by atoms with Crippen molar-refractivity contribution in [3.05, 3.63) is 0 Å². The molecule has 0 saturated carbocycles. The lowest BCUT2D eigenvalue weighted by atomic mass is 10.0. The summed E-state index contributed by atoms with van der Waals surface area (Å²) in [6, 6.07) is -0.775. The van der Waals surface area contributed by atoms with Crippen LogP contribution < -0.4 is 5.32 Å². The zero-order chi connectivity index (χ0) is 11.5. The lowest BCUT2D eigenvalue weighted by Gasteiger charge is -2.40. The maximum atomic E-state index is 11.7. The molecule has 1 amide bonds. The van der Waals surface area contributed by atoms with Gasteiger partial charge in [0.1, 0.15) is 6.61 Å². The van der Waals surface area contributed by atoms with Gasteiger partial charge in [-0.2, -0.15) is 0 Å². The number of nitrogens with one attached hydrogen (secondary N) is 1. The first-order chi connectivity index (χ1) is 7.70. The van der Waals surface area contributed by atoms with Crippen molar-refractivity contribution in [3.63, 3.8) is 0 Å². The number of aliphatic carboxylic acids is 1. The SMILES string of the molecule is O=C(O)C1COCC(=O)N1C1CCNCC1. The molecule has 0 aromatic rings. The van der Waals surface area contributed by atoms with Crippen LogP contribution in [0.5, 0.6) is 0 Å². The van der Waals surface area contributed by atoms with Crippen LogP contribution in [0.4, 0.5) is 0 Å². The number of piperidine rings is 1. The minimum absolute atomic E-state index is 0.00765. The van der Waals surface area contributed by atoms with Crippen molar-refractivity contribution in [2.75, 3.05) is 26.3 Å². The van der Waals surface area contributed by atoms with Crippen LogP contribution in [0, 0.1) is 0 Å². The van der Waals surface area contributed by atoms with Crippen LogP contribution >= 0.6 is 0 Å². The lowest BCUT2D eigenvalue weighted by molar-refractivity contribution is -0.166. The Morgan fingerprint density at radius 2 is 2.12 bits per heavy atom. The normalized spacial score (nSPS) is 28.1. The monoisotopic (exact) mass is 228 g/mol. The van der Waals surface area contributed by atoms with Crippen LogP contribution in [0.15, 0.2) is 0 Å². The number of rotatable bonds is 2. The first-order valence-corrected chi connectivity index (χ1v) is 5.52. The van der Waals surface area contributed by atoms with Gasteiger partial charge in [0.25, 0.3) is 0 Å². The molecule has 0 spiro atoms. The highest BCUT2D eigenvalue weighted by atomic mass is 16.5. The molecule has 2 aliphatic heterocycles. The molecule has 0 aliphatic carbocycles. The van der Waals surface area contributed by atoms with E-state index in [1.807, 2.05) is 0 Å². The third kappa shape index (κ3) is 2.17. The van der Waals surface area contributed by atoms with E-state index in [-0.39, 0.29) is 25.2 Å². The molecular formula is C10H16N2O4. The molecule has 2 N–H and O–H groups in total. The number of carboxylic acid groups (broad SMARTS) is 1. The van der Waals surface area contributed by atoms with E-state index in [9.17, 15) is 9.59 Å². The van der Waals surface area contributed by atoms with E-state index < -0.39 is 12.0 Å². The number of hydrogen-bond donors (Lipinski definition) is 2. The van der Waals surface area contributed by atoms with Gasteiger partial charge in [0.15, 0.2) is 6.04 Å². The van der Waals surface area contributed by atoms with E-state index in [0.717, 1.165) is 25.9 Å². The van der Waals surface area contributed by atoms with E-state index in [0.29, 0.717) is 0 Å². The molecule has 2 aliphatic rings. The second-order valence-corrected chi connectivity index (χ2v) is 4.15. The first-order valence-electron chi connectivity index (χ1n) is 5.52. The van der Waals surface area contributed by atoms with Crippen LogP contribution in [0.1, 0.15) is 12.8 Å². The summed E-state index contributed by atoms with van der Waals surface area (Å²) in [5, 5.41) is 12.3. The van der Waals surface area contributed by atoms with Crippen LogP contribution in [0.3, 0.4) is 0 Å². The van der Waals surface area contributed by atoms with Gasteiger partial charge in [-0.15, -0.1) is 0 Å². The predicted octanol–water partition coefficient (Wildman–Crippen LogP) is -0.950. The quantitative estimate of drug-likeness (QED) is 0.637. The Morgan fingerprint density at radius 1 is 1.44 bits per heavy atom. The number of nitrogens with zero attached hydrogens (tertiary/aromatic N) is 1. The van der Waals surface area contributed by atoms with Gasteiger partial charge in [-0.05, 0) is 25.9 Å². The third-order valence-corrected chi connectivity index (χ3v) is 3.11. The molecular weight excluding hydrogens is 212 g/mol. The molecule has 0 radical (unpaired) electrons. The van der Waals surface area contributed by atoms with Crippen LogP contribution in [-0.2, 0) is 14.3 Å². The molecule has 16 heavy (non-hydrogen) atoms. The summed E-state index contributed by atoms with van der Waals surface area (Å²) in [5.74, 6) is -1.18. The Bertz CT molecular complexity index is 289. The van der Waals surface area contributed by atoms with Gasteiger partial charge < -0.3 is 20.1 Å². The first kappa shape index (κ1) is 11.3. The van der Waals surface area contributed by atoms with Gasteiger partial charge in [0.2, 0.25) is 5.91 Å². The molecule has 2 saturated heterocycles. The van der Waals surface area contributed by atoms with Gasteiger partial charge in [0.05, 0.1) is 6.61 Å². The number of carbonyl (C=O) groups is 2. The third-order valence-electron chi connectivity index (χ3n) is 3.11. The summed E-state index contributed by atoms with van der Waals surface area (Å²) in [4.78, 5) is 24.3. The molecule has 6 heteroatoms. The van der Waals surface area contributed by atoms with Gasteiger partial charge in [-0.25, -0.2) is 4.79 Å². The number of amides is 1. The fourth-order valence-corrected chi connectivity index (χ4v) is 2.32. The highest BCUT2D eigenvalue weighted by Crippen LogP contribution is 2.19.